The molecule has 0 bridgehead atoms. The molecule has 1 aliphatic heterocycles. The second-order valence-electron chi connectivity index (χ2n) is 13.9. The number of hydrogen-bond donors (Lipinski definition) is 1. The number of piperidine rings is 1. The van der Waals surface area contributed by atoms with Gasteiger partial charge in [0.25, 0.3) is 0 Å². The van der Waals surface area contributed by atoms with Crippen LogP contribution in [0.4, 0.5) is 10.1 Å². The SMILES string of the molecule is CCC(=O)N(Cc1ccc(F)cc1)Cc1ccc(-c2c(C)nc(C)c([C@H](OC(C)(C)C)C(=O)O)c2N2CCC(C)(C)CC2)cc1. The zero-order valence-corrected chi connectivity index (χ0v) is 28.0. The van der Waals surface area contributed by atoms with Crippen LogP contribution in [-0.2, 0) is 27.4 Å². The van der Waals surface area contributed by atoms with Crippen LogP contribution in [0.1, 0.15) is 95.0 Å². The molecule has 3 aromatic rings. The van der Waals surface area contributed by atoms with Gasteiger partial charge < -0.3 is 19.6 Å². The first-order valence-corrected chi connectivity index (χ1v) is 15.9. The summed E-state index contributed by atoms with van der Waals surface area (Å²) in [5, 5.41) is 10.4. The van der Waals surface area contributed by atoms with E-state index in [2.05, 4.69) is 18.7 Å². The summed E-state index contributed by atoms with van der Waals surface area (Å²) in [6.07, 6.45) is 1.16. The highest BCUT2D eigenvalue weighted by Crippen LogP contribution is 2.44. The minimum Gasteiger partial charge on any atom is -0.479 e. The number of carbonyl (C=O) groups excluding carboxylic acids is 1. The van der Waals surface area contributed by atoms with Gasteiger partial charge >= 0.3 is 5.97 Å². The van der Waals surface area contributed by atoms with E-state index in [1.807, 2.05) is 65.8 Å². The Labute approximate surface area is 267 Å². The molecule has 45 heavy (non-hydrogen) atoms. The van der Waals surface area contributed by atoms with E-state index in [0.29, 0.717) is 30.8 Å². The number of pyridine rings is 1. The number of halogens is 1. The lowest BCUT2D eigenvalue weighted by atomic mass is 9.81. The highest BCUT2D eigenvalue weighted by atomic mass is 19.1. The van der Waals surface area contributed by atoms with Crippen molar-refractivity contribution in [2.75, 3.05) is 18.0 Å². The number of carboxylic acid groups (broad SMARTS) is 1. The first-order valence-electron chi connectivity index (χ1n) is 15.9. The van der Waals surface area contributed by atoms with Crippen molar-refractivity contribution in [1.29, 1.82) is 0 Å². The molecule has 242 valence electrons. The Bertz CT molecular complexity index is 1500. The van der Waals surface area contributed by atoms with Crippen molar-refractivity contribution in [2.45, 2.75) is 99.4 Å². The first-order chi connectivity index (χ1) is 21.1. The Morgan fingerprint density at radius 2 is 1.51 bits per heavy atom. The maximum absolute atomic E-state index is 13.5. The lowest BCUT2D eigenvalue weighted by molar-refractivity contribution is -0.160. The van der Waals surface area contributed by atoms with E-state index in [0.717, 1.165) is 59.6 Å². The van der Waals surface area contributed by atoms with Crippen LogP contribution < -0.4 is 4.90 Å². The number of hydrogen-bond acceptors (Lipinski definition) is 5. The van der Waals surface area contributed by atoms with Gasteiger partial charge in [-0.05, 0) is 81.7 Å². The van der Waals surface area contributed by atoms with Gasteiger partial charge in [-0.25, -0.2) is 9.18 Å². The van der Waals surface area contributed by atoms with Crippen LogP contribution in [-0.4, -0.2) is 45.6 Å². The molecular formula is C37H48FN3O4. The number of rotatable bonds is 10. The number of anilines is 1. The number of aryl methyl sites for hydroxylation is 2. The number of benzene rings is 2. The van der Waals surface area contributed by atoms with Crippen molar-refractivity contribution in [3.05, 3.63) is 82.4 Å². The molecule has 1 aliphatic rings. The van der Waals surface area contributed by atoms with E-state index in [9.17, 15) is 19.1 Å². The van der Waals surface area contributed by atoms with Gasteiger partial charge in [0.2, 0.25) is 5.91 Å². The van der Waals surface area contributed by atoms with E-state index in [1.165, 1.54) is 12.1 Å². The molecule has 0 spiro atoms. The predicted octanol–water partition coefficient (Wildman–Crippen LogP) is 8.01. The van der Waals surface area contributed by atoms with E-state index >= 15 is 0 Å². The van der Waals surface area contributed by atoms with Crippen molar-refractivity contribution in [3.8, 4) is 11.1 Å². The highest BCUT2D eigenvalue weighted by Gasteiger charge is 2.36. The van der Waals surface area contributed by atoms with Crippen LogP contribution in [0.3, 0.4) is 0 Å². The summed E-state index contributed by atoms with van der Waals surface area (Å²) in [6.45, 7) is 18.2. The summed E-state index contributed by atoms with van der Waals surface area (Å²) in [7, 11) is 0. The fourth-order valence-electron chi connectivity index (χ4n) is 6.02. The minimum absolute atomic E-state index is 0.0143. The van der Waals surface area contributed by atoms with Crippen molar-refractivity contribution in [3.63, 3.8) is 0 Å². The normalized spacial score (nSPS) is 15.5. The molecule has 0 aliphatic carbocycles. The number of ether oxygens (including phenoxy) is 1. The van der Waals surface area contributed by atoms with Gasteiger partial charge in [-0.15, -0.1) is 0 Å². The van der Waals surface area contributed by atoms with Gasteiger partial charge in [0.15, 0.2) is 6.10 Å². The summed E-state index contributed by atoms with van der Waals surface area (Å²) >= 11 is 0. The van der Waals surface area contributed by atoms with Crippen LogP contribution in [0, 0.1) is 25.1 Å². The molecule has 1 saturated heterocycles. The largest absolute Gasteiger partial charge is 0.479 e. The lowest BCUT2D eigenvalue weighted by Crippen LogP contribution is -2.39. The fourth-order valence-corrected chi connectivity index (χ4v) is 6.02. The number of nitrogens with zero attached hydrogens (tertiary/aromatic N) is 3. The summed E-state index contributed by atoms with van der Waals surface area (Å²) in [5.41, 5.74) is 6.12. The Balaban J connectivity index is 1.77. The molecule has 0 radical (unpaired) electrons. The van der Waals surface area contributed by atoms with Gasteiger partial charge in [-0.1, -0.05) is 57.2 Å². The molecule has 2 aromatic carbocycles. The van der Waals surface area contributed by atoms with Crippen LogP contribution in [0.2, 0.25) is 0 Å². The van der Waals surface area contributed by atoms with Crippen LogP contribution >= 0.6 is 0 Å². The lowest BCUT2D eigenvalue weighted by Gasteiger charge is -2.41. The molecular weight excluding hydrogens is 569 g/mol. The zero-order chi connectivity index (χ0) is 33.1. The predicted molar refractivity (Wildman–Crippen MR) is 177 cm³/mol. The zero-order valence-electron chi connectivity index (χ0n) is 28.0. The number of amides is 1. The first kappa shape index (κ1) is 34.1. The Kier molecular flexibility index (Phi) is 10.4. The standard InChI is InChI=1S/C37H48FN3O4/c1-9-30(42)41(23-27-12-16-29(38)17-13-27)22-26-10-14-28(15-11-26)31-24(2)39-25(3)32(34(35(43)44)45-36(4,5)6)33(31)40-20-18-37(7,8)19-21-40/h10-17,34H,9,18-23H2,1-8H3,(H,43,44)/t34-/m0/s1. The van der Waals surface area contributed by atoms with E-state index in [-0.39, 0.29) is 17.1 Å². The van der Waals surface area contributed by atoms with Gasteiger partial charge in [-0.2, -0.15) is 0 Å². The third-order valence-electron chi connectivity index (χ3n) is 8.53. The van der Waals surface area contributed by atoms with Crippen molar-refractivity contribution >= 4 is 17.6 Å². The molecule has 0 unspecified atom stereocenters. The van der Waals surface area contributed by atoms with E-state index in [1.54, 1.807) is 17.0 Å². The van der Waals surface area contributed by atoms with E-state index < -0.39 is 17.7 Å². The highest BCUT2D eigenvalue weighted by molar-refractivity contribution is 5.88. The summed E-state index contributed by atoms with van der Waals surface area (Å²) in [6, 6.07) is 14.3. The second-order valence-corrected chi connectivity index (χ2v) is 13.9. The van der Waals surface area contributed by atoms with Crippen molar-refractivity contribution in [1.82, 2.24) is 9.88 Å². The maximum atomic E-state index is 13.5. The Morgan fingerprint density at radius 1 is 0.978 bits per heavy atom. The second kappa shape index (κ2) is 13.7. The smallest absolute Gasteiger partial charge is 0.337 e. The van der Waals surface area contributed by atoms with Gasteiger partial charge in [-0.3, -0.25) is 9.78 Å². The minimum atomic E-state index is -1.18. The number of carboxylic acids is 1. The van der Waals surface area contributed by atoms with Crippen molar-refractivity contribution in [2.24, 2.45) is 5.41 Å². The number of carbonyl (C=O) groups is 2. The fraction of sp³-hybridized carbons (Fsp3) is 0.486. The topological polar surface area (TPSA) is 83.0 Å². The third kappa shape index (κ3) is 8.48. The maximum Gasteiger partial charge on any atom is 0.337 e. The van der Waals surface area contributed by atoms with Crippen molar-refractivity contribution < 1.29 is 23.8 Å². The number of aromatic nitrogens is 1. The average molecular weight is 618 g/mol. The molecule has 7 nitrogen and oxygen atoms in total. The molecule has 1 N–H and O–H groups in total. The van der Waals surface area contributed by atoms with Crippen LogP contribution in [0.25, 0.3) is 11.1 Å². The van der Waals surface area contributed by atoms with Gasteiger partial charge in [0.1, 0.15) is 5.82 Å². The van der Waals surface area contributed by atoms with Gasteiger partial charge in [0.05, 0.1) is 11.3 Å². The Morgan fingerprint density at radius 3 is 2.00 bits per heavy atom. The summed E-state index contributed by atoms with van der Waals surface area (Å²) < 4.78 is 19.7. The van der Waals surface area contributed by atoms with Crippen LogP contribution in [0.15, 0.2) is 48.5 Å². The quantitative estimate of drug-likeness (QED) is 0.248. The van der Waals surface area contributed by atoms with Gasteiger partial charge in [0, 0.05) is 55.1 Å². The monoisotopic (exact) mass is 617 g/mol. The third-order valence-corrected chi connectivity index (χ3v) is 8.53. The Hall–Kier alpha value is -3.78. The molecule has 0 saturated carbocycles. The molecule has 1 atom stereocenters. The molecule has 8 heteroatoms. The summed E-state index contributed by atoms with van der Waals surface area (Å²) in [4.78, 5) is 34.6. The van der Waals surface area contributed by atoms with E-state index in [4.69, 9.17) is 9.72 Å². The molecule has 1 fully saturated rings. The molecule has 4 rings (SSSR count). The molecule has 1 aromatic heterocycles. The average Bonchev–Trinajstić information content (AvgIpc) is 2.96. The van der Waals surface area contributed by atoms with Crippen LogP contribution in [0.5, 0.6) is 0 Å². The number of aliphatic carboxylic acids is 1. The molecule has 1 amide bonds. The summed E-state index contributed by atoms with van der Waals surface area (Å²) in [5.74, 6) is -1.33. The molecule has 2 heterocycles.